The minimum absolute atomic E-state index is 0.0499. The Morgan fingerprint density at radius 1 is 1.06 bits per heavy atom. The Hall–Kier alpha value is -3.32. The van der Waals surface area contributed by atoms with Gasteiger partial charge in [0.1, 0.15) is 17.1 Å². The van der Waals surface area contributed by atoms with E-state index in [-0.39, 0.29) is 18.0 Å². The maximum Gasteiger partial charge on any atom is 0.260 e. The molecule has 0 unspecified atom stereocenters. The number of aromatic nitrogens is 1. The predicted octanol–water partition coefficient (Wildman–Crippen LogP) is 6.60. The third-order valence-electron chi connectivity index (χ3n) is 4.91. The van der Waals surface area contributed by atoms with Gasteiger partial charge in [0, 0.05) is 11.6 Å². The number of ether oxygens (including phenoxy) is 1. The summed E-state index contributed by atoms with van der Waals surface area (Å²) in [7, 11) is 0. The number of nitrogens with zero attached hydrogens (tertiary/aromatic N) is 2. The molecule has 7 heteroatoms. The lowest BCUT2D eigenvalue weighted by Gasteiger charge is -2.20. The van der Waals surface area contributed by atoms with Crippen LogP contribution in [0, 0.1) is 11.6 Å². The first-order valence-corrected chi connectivity index (χ1v) is 11.2. The number of halogens is 2. The average molecular weight is 453 g/mol. The highest BCUT2D eigenvalue weighted by Gasteiger charge is 2.23. The molecule has 0 N–H and O–H groups in total. The van der Waals surface area contributed by atoms with Gasteiger partial charge in [0.2, 0.25) is 0 Å². The van der Waals surface area contributed by atoms with Crippen LogP contribution >= 0.6 is 11.3 Å². The van der Waals surface area contributed by atoms with E-state index in [4.69, 9.17) is 4.74 Å². The second kappa shape index (κ2) is 9.87. The van der Waals surface area contributed by atoms with Crippen LogP contribution in [-0.4, -0.2) is 17.5 Å². The Balaban J connectivity index is 1.71. The van der Waals surface area contributed by atoms with E-state index in [0.29, 0.717) is 27.8 Å². The molecule has 0 atom stereocenters. The molecule has 164 valence electrons. The summed E-state index contributed by atoms with van der Waals surface area (Å²) in [6, 6.07) is 18.5. The van der Waals surface area contributed by atoms with Gasteiger partial charge in [0.25, 0.3) is 5.91 Å². The van der Waals surface area contributed by atoms with Crippen molar-refractivity contribution in [2.45, 2.75) is 26.3 Å². The molecule has 0 aliphatic carbocycles. The monoisotopic (exact) mass is 452 g/mol. The standard InChI is InChI=1S/C25H22F2N2O2S/c1-2-3-12-31-20-11-7-10-18(13-20)24(30)29(16-17-8-5-4-6-9-17)25-28-23-21(27)14-19(26)15-22(23)32-25/h4-11,13-15H,2-3,12,16H2,1H3. The Morgan fingerprint density at radius 2 is 1.88 bits per heavy atom. The summed E-state index contributed by atoms with van der Waals surface area (Å²) in [6.45, 7) is 2.90. The Morgan fingerprint density at radius 3 is 2.66 bits per heavy atom. The van der Waals surface area contributed by atoms with Gasteiger partial charge >= 0.3 is 0 Å². The molecular formula is C25H22F2N2O2S. The number of rotatable bonds is 8. The van der Waals surface area contributed by atoms with E-state index in [1.165, 1.54) is 11.0 Å². The Bertz CT molecular complexity index is 1230. The fourth-order valence-electron chi connectivity index (χ4n) is 3.26. The summed E-state index contributed by atoms with van der Waals surface area (Å²) in [5, 5.41) is 0.302. The first-order chi connectivity index (χ1) is 15.5. The predicted molar refractivity (Wildman–Crippen MR) is 123 cm³/mol. The van der Waals surface area contributed by atoms with E-state index in [9.17, 15) is 13.6 Å². The zero-order chi connectivity index (χ0) is 22.5. The summed E-state index contributed by atoms with van der Waals surface area (Å²) in [4.78, 5) is 19.3. The summed E-state index contributed by atoms with van der Waals surface area (Å²) in [5.74, 6) is -1.11. The molecule has 0 saturated heterocycles. The summed E-state index contributed by atoms with van der Waals surface area (Å²) >= 11 is 1.08. The fourth-order valence-corrected chi connectivity index (χ4v) is 4.26. The zero-order valence-corrected chi connectivity index (χ0v) is 18.4. The maximum absolute atomic E-state index is 14.3. The van der Waals surface area contributed by atoms with Crippen molar-refractivity contribution in [1.29, 1.82) is 0 Å². The van der Waals surface area contributed by atoms with Crippen LogP contribution in [0.25, 0.3) is 10.2 Å². The number of carbonyl (C=O) groups is 1. The summed E-state index contributed by atoms with van der Waals surface area (Å²) in [5.41, 5.74) is 1.37. The quantitative estimate of drug-likeness (QED) is 0.283. The van der Waals surface area contributed by atoms with Crippen molar-refractivity contribution < 1.29 is 18.3 Å². The third-order valence-corrected chi connectivity index (χ3v) is 5.93. The van der Waals surface area contributed by atoms with E-state index in [1.54, 1.807) is 18.2 Å². The van der Waals surface area contributed by atoms with Gasteiger partial charge in [0.05, 0.1) is 17.9 Å². The average Bonchev–Trinajstić information content (AvgIpc) is 3.22. The molecule has 1 aromatic heterocycles. The van der Waals surface area contributed by atoms with E-state index in [0.717, 1.165) is 35.8 Å². The van der Waals surface area contributed by atoms with Crippen molar-refractivity contribution in [3.8, 4) is 5.75 Å². The van der Waals surface area contributed by atoms with E-state index < -0.39 is 11.6 Å². The van der Waals surface area contributed by atoms with Crippen LogP contribution in [-0.2, 0) is 6.54 Å². The van der Waals surface area contributed by atoms with Gasteiger partial charge in [-0.15, -0.1) is 0 Å². The number of unbranched alkanes of at least 4 members (excludes halogenated alkanes) is 1. The largest absolute Gasteiger partial charge is 0.494 e. The fraction of sp³-hybridized carbons (Fsp3) is 0.200. The van der Waals surface area contributed by atoms with Crippen LogP contribution in [0.4, 0.5) is 13.9 Å². The minimum atomic E-state index is -0.749. The molecular weight excluding hydrogens is 430 g/mol. The normalized spacial score (nSPS) is 11.0. The van der Waals surface area contributed by atoms with Gasteiger partial charge in [-0.1, -0.05) is 61.1 Å². The van der Waals surface area contributed by atoms with Crippen molar-refractivity contribution in [2.24, 2.45) is 0 Å². The molecule has 3 aromatic carbocycles. The van der Waals surface area contributed by atoms with Crippen LogP contribution in [0.2, 0.25) is 0 Å². The van der Waals surface area contributed by atoms with Crippen LogP contribution in [0.5, 0.6) is 5.75 Å². The molecule has 4 rings (SSSR count). The third kappa shape index (κ3) is 4.94. The topological polar surface area (TPSA) is 42.4 Å². The van der Waals surface area contributed by atoms with E-state index >= 15 is 0 Å². The van der Waals surface area contributed by atoms with Crippen molar-refractivity contribution in [2.75, 3.05) is 11.5 Å². The van der Waals surface area contributed by atoms with E-state index in [2.05, 4.69) is 11.9 Å². The van der Waals surface area contributed by atoms with Gasteiger partial charge in [-0.05, 0) is 36.2 Å². The van der Waals surface area contributed by atoms with Gasteiger partial charge < -0.3 is 4.74 Å². The number of fused-ring (bicyclic) bond motifs is 1. The molecule has 4 aromatic rings. The Kier molecular flexibility index (Phi) is 6.75. The summed E-state index contributed by atoms with van der Waals surface area (Å²) < 4.78 is 34.0. The number of benzene rings is 3. The van der Waals surface area contributed by atoms with Crippen LogP contribution < -0.4 is 9.64 Å². The molecule has 0 fully saturated rings. The Labute approximate surface area is 189 Å². The lowest BCUT2D eigenvalue weighted by molar-refractivity contribution is 0.0984. The molecule has 1 heterocycles. The molecule has 1 amide bonds. The first-order valence-electron chi connectivity index (χ1n) is 10.4. The van der Waals surface area contributed by atoms with Crippen LogP contribution in [0.15, 0.2) is 66.7 Å². The van der Waals surface area contributed by atoms with Crippen molar-refractivity contribution in [3.05, 3.63) is 89.5 Å². The molecule has 0 aliphatic heterocycles. The number of anilines is 1. The number of thiazole rings is 1. The van der Waals surface area contributed by atoms with Gasteiger partial charge in [-0.25, -0.2) is 13.8 Å². The number of amides is 1. The smallest absolute Gasteiger partial charge is 0.260 e. The minimum Gasteiger partial charge on any atom is -0.494 e. The SMILES string of the molecule is CCCCOc1cccc(C(=O)N(Cc2ccccc2)c2nc3c(F)cc(F)cc3s2)c1. The van der Waals surface area contributed by atoms with Gasteiger partial charge in [0.15, 0.2) is 10.9 Å². The first kappa shape index (κ1) is 21.9. The zero-order valence-electron chi connectivity index (χ0n) is 17.6. The van der Waals surface area contributed by atoms with Crippen molar-refractivity contribution in [1.82, 2.24) is 4.98 Å². The summed E-state index contributed by atoms with van der Waals surface area (Å²) in [6.07, 6.45) is 1.93. The van der Waals surface area contributed by atoms with Crippen LogP contribution in [0.3, 0.4) is 0 Å². The van der Waals surface area contributed by atoms with E-state index in [1.807, 2.05) is 36.4 Å². The molecule has 0 saturated carbocycles. The van der Waals surface area contributed by atoms with Crippen LogP contribution in [0.1, 0.15) is 35.7 Å². The lowest BCUT2D eigenvalue weighted by Crippen LogP contribution is -2.30. The molecule has 32 heavy (non-hydrogen) atoms. The number of carbonyl (C=O) groups excluding carboxylic acids is 1. The second-order valence-electron chi connectivity index (χ2n) is 7.34. The van der Waals surface area contributed by atoms with Crippen molar-refractivity contribution in [3.63, 3.8) is 0 Å². The molecule has 4 nitrogen and oxygen atoms in total. The molecule has 0 radical (unpaired) electrons. The molecule has 0 aliphatic rings. The van der Waals surface area contributed by atoms with Crippen molar-refractivity contribution >= 4 is 32.6 Å². The highest BCUT2D eigenvalue weighted by atomic mass is 32.1. The molecule has 0 bridgehead atoms. The van der Waals surface area contributed by atoms with Gasteiger partial charge in [-0.2, -0.15) is 0 Å². The highest BCUT2D eigenvalue weighted by Crippen LogP contribution is 2.33. The lowest BCUT2D eigenvalue weighted by atomic mass is 10.1. The highest BCUT2D eigenvalue weighted by molar-refractivity contribution is 7.22. The number of hydrogen-bond acceptors (Lipinski definition) is 4. The number of hydrogen-bond donors (Lipinski definition) is 0. The maximum atomic E-state index is 14.3. The molecule has 0 spiro atoms. The van der Waals surface area contributed by atoms with Gasteiger partial charge in [-0.3, -0.25) is 9.69 Å². The second-order valence-corrected chi connectivity index (χ2v) is 8.35.